The molecule has 0 atom stereocenters. The first kappa shape index (κ1) is 20.5. The van der Waals surface area contributed by atoms with E-state index in [1.165, 1.54) is 44.7 Å². The third kappa shape index (κ3) is 3.93. The molecule has 168 valence electrons. The maximum atomic E-state index is 5.31. The van der Waals surface area contributed by atoms with Gasteiger partial charge >= 0.3 is 0 Å². The van der Waals surface area contributed by atoms with Gasteiger partial charge in [0.15, 0.2) is 0 Å². The van der Waals surface area contributed by atoms with E-state index in [4.69, 9.17) is 14.7 Å². The molecule has 0 saturated carbocycles. The fourth-order valence-electron chi connectivity index (χ4n) is 5.08. The SMILES string of the molecule is COc1ccc(N2CCN(c3nc(Cc4ccccc4)nc4sc5c(c34)CCC5)CC2)cc1. The highest BCUT2D eigenvalue weighted by molar-refractivity contribution is 7.19. The number of rotatable bonds is 5. The lowest BCUT2D eigenvalue weighted by atomic mass is 10.1. The van der Waals surface area contributed by atoms with Gasteiger partial charge in [0.05, 0.1) is 12.5 Å². The van der Waals surface area contributed by atoms with Crippen LogP contribution in [0, 0.1) is 0 Å². The Morgan fingerprint density at radius 3 is 2.39 bits per heavy atom. The predicted molar refractivity (Wildman–Crippen MR) is 136 cm³/mol. The number of fused-ring (bicyclic) bond motifs is 3. The highest BCUT2D eigenvalue weighted by atomic mass is 32.1. The van der Waals surface area contributed by atoms with Crippen molar-refractivity contribution in [2.24, 2.45) is 0 Å². The van der Waals surface area contributed by atoms with Crippen LogP contribution in [0.15, 0.2) is 54.6 Å². The molecule has 0 radical (unpaired) electrons. The summed E-state index contributed by atoms with van der Waals surface area (Å²) in [6.45, 7) is 3.90. The summed E-state index contributed by atoms with van der Waals surface area (Å²) >= 11 is 1.89. The van der Waals surface area contributed by atoms with Crippen LogP contribution in [0.4, 0.5) is 11.5 Å². The normalized spacial score (nSPS) is 15.8. The van der Waals surface area contributed by atoms with E-state index >= 15 is 0 Å². The van der Waals surface area contributed by atoms with Crippen molar-refractivity contribution in [3.05, 3.63) is 76.4 Å². The molecule has 1 aliphatic heterocycles. The first-order valence-electron chi connectivity index (χ1n) is 11.8. The van der Waals surface area contributed by atoms with Crippen molar-refractivity contribution in [2.75, 3.05) is 43.1 Å². The number of aromatic nitrogens is 2. The van der Waals surface area contributed by atoms with Gasteiger partial charge in [-0.05, 0) is 54.7 Å². The monoisotopic (exact) mass is 456 g/mol. The van der Waals surface area contributed by atoms with Gasteiger partial charge in [-0.15, -0.1) is 11.3 Å². The first-order chi connectivity index (χ1) is 16.3. The molecule has 0 bridgehead atoms. The van der Waals surface area contributed by atoms with Crippen LogP contribution in [-0.2, 0) is 19.3 Å². The van der Waals surface area contributed by atoms with Gasteiger partial charge in [0.1, 0.15) is 22.2 Å². The maximum Gasteiger partial charge on any atom is 0.141 e. The van der Waals surface area contributed by atoms with Crippen LogP contribution in [0.3, 0.4) is 0 Å². The summed E-state index contributed by atoms with van der Waals surface area (Å²) in [6, 6.07) is 19.0. The van der Waals surface area contributed by atoms with Crippen LogP contribution in [0.1, 0.15) is 28.2 Å². The van der Waals surface area contributed by atoms with Crippen LogP contribution in [-0.4, -0.2) is 43.3 Å². The van der Waals surface area contributed by atoms with Gasteiger partial charge in [0, 0.05) is 43.2 Å². The lowest BCUT2D eigenvalue weighted by Gasteiger charge is -2.37. The number of anilines is 2. The van der Waals surface area contributed by atoms with Crippen molar-refractivity contribution in [1.29, 1.82) is 0 Å². The average Bonchev–Trinajstić information content (AvgIpc) is 3.46. The van der Waals surface area contributed by atoms with Gasteiger partial charge in [-0.2, -0.15) is 0 Å². The highest BCUT2D eigenvalue weighted by Gasteiger charge is 2.27. The fourth-order valence-corrected chi connectivity index (χ4v) is 6.35. The zero-order chi connectivity index (χ0) is 22.2. The molecule has 1 saturated heterocycles. The Bertz CT molecular complexity index is 1260. The smallest absolute Gasteiger partial charge is 0.141 e. The van der Waals surface area contributed by atoms with Crippen LogP contribution < -0.4 is 14.5 Å². The number of benzene rings is 2. The molecular weight excluding hydrogens is 428 g/mol. The summed E-state index contributed by atoms with van der Waals surface area (Å²) < 4.78 is 5.31. The van der Waals surface area contributed by atoms with Crippen molar-refractivity contribution in [3.8, 4) is 5.75 Å². The van der Waals surface area contributed by atoms with Crippen molar-refractivity contribution in [3.63, 3.8) is 0 Å². The fraction of sp³-hybridized carbons (Fsp3) is 0.333. The molecule has 6 rings (SSSR count). The molecular formula is C27H28N4OS. The highest BCUT2D eigenvalue weighted by Crippen LogP contribution is 2.41. The Hall–Kier alpha value is -3.12. The van der Waals surface area contributed by atoms with Crippen molar-refractivity contribution < 1.29 is 4.74 Å². The van der Waals surface area contributed by atoms with Crippen LogP contribution in [0.25, 0.3) is 10.2 Å². The molecule has 2 aromatic heterocycles. The molecule has 4 aromatic rings. The van der Waals surface area contributed by atoms with Gasteiger partial charge in [-0.1, -0.05) is 30.3 Å². The third-order valence-electron chi connectivity index (χ3n) is 6.81. The van der Waals surface area contributed by atoms with Crippen LogP contribution in [0.5, 0.6) is 5.75 Å². The zero-order valence-electron chi connectivity index (χ0n) is 19.0. The summed E-state index contributed by atoms with van der Waals surface area (Å²) in [6.07, 6.45) is 4.39. The number of nitrogens with zero attached hydrogens (tertiary/aromatic N) is 4. The Labute approximate surface area is 198 Å². The van der Waals surface area contributed by atoms with Crippen LogP contribution >= 0.6 is 11.3 Å². The Kier molecular flexibility index (Phi) is 5.38. The minimum Gasteiger partial charge on any atom is -0.497 e. The van der Waals surface area contributed by atoms with Crippen LogP contribution in [0.2, 0.25) is 0 Å². The number of hydrogen-bond acceptors (Lipinski definition) is 6. The molecule has 6 heteroatoms. The minimum atomic E-state index is 0.776. The van der Waals surface area contributed by atoms with E-state index in [9.17, 15) is 0 Å². The number of aryl methyl sites for hydroxylation is 2. The van der Waals surface area contributed by atoms with E-state index in [-0.39, 0.29) is 0 Å². The van der Waals surface area contributed by atoms with Crippen molar-refractivity contribution in [2.45, 2.75) is 25.7 Å². The molecule has 33 heavy (non-hydrogen) atoms. The van der Waals surface area contributed by atoms with E-state index in [0.29, 0.717) is 0 Å². The molecule has 5 nitrogen and oxygen atoms in total. The number of methoxy groups -OCH3 is 1. The summed E-state index contributed by atoms with van der Waals surface area (Å²) in [5.74, 6) is 2.99. The van der Waals surface area contributed by atoms with Gasteiger partial charge in [-0.3, -0.25) is 0 Å². The van der Waals surface area contributed by atoms with Gasteiger partial charge < -0.3 is 14.5 Å². The predicted octanol–water partition coefficient (Wildman–Crippen LogP) is 5.11. The molecule has 0 N–H and O–H groups in total. The van der Waals surface area contributed by atoms with E-state index < -0.39 is 0 Å². The average molecular weight is 457 g/mol. The Balaban J connectivity index is 1.30. The number of piperazine rings is 1. The first-order valence-corrected chi connectivity index (χ1v) is 12.6. The van der Waals surface area contributed by atoms with E-state index in [2.05, 4.69) is 52.3 Å². The molecule has 0 amide bonds. The Morgan fingerprint density at radius 1 is 0.879 bits per heavy atom. The summed E-state index contributed by atoms with van der Waals surface area (Å²) in [5.41, 5.74) is 4.02. The summed E-state index contributed by atoms with van der Waals surface area (Å²) in [5, 5.41) is 1.32. The second kappa shape index (κ2) is 8.67. The quantitative estimate of drug-likeness (QED) is 0.418. The number of hydrogen-bond donors (Lipinski definition) is 0. The summed E-state index contributed by atoms with van der Waals surface area (Å²) in [4.78, 5) is 17.8. The number of ether oxygens (including phenoxy) is 1. The molecule has 2 aromatic carbocycles. The molecule has 0 spiro atoms. The second-order valence-corrected chi connectivity index (χ2v) is 9.92. The lowest BCUT2D eigenvalue weighted by Crippen LogP contribution is -2.47. The molecule has 1 fully saturated rings. The largest absolute Gasteiger partial charge is 0.497 e. The maximum absolute atomic E-state index is 5.31. The van der Waals surface area contributed by atoms with Gasteiger partial charge in [-0.25, -0.2) is 9.97 Å². The summed E-state index contributed by atoms with van der Waals surface area (Å²) in [7, 11) is 1.71. The van der Waals surface area contributed by atoms with Crippen molar-refractivity contribution >= 4 is 33.1 Å². The standard InChI is InChI=1S/C27H28N4OS/c1-32-21-12-10-20(11-13-21)30-14-16-31(17-15-30)26-25-22-8-5-9-23(22)33-27(25)29-24(28-26)18-19-6-3-2-4-7-19/h2-4,6-7,10-13H,5,8-9,14-18H2,1H3. The molecule has 3 heterocycles. The minimum absolute atomic E-state index is 0.776. The third-order valence-corrected chi connectivity index (χ3v) is 8.00. The van der Waals surface area contributed by atoms with Gasteiger partial charge in [0.25, 0.3) is 0 Å². The van der Waals surface area contributed by atoms with E-state index in [0.717, 1.165) is 56.4 Å². The molecule has 0 unspecified atom stereocenters. The van der Waals surface area contributed by atoms with Gasteiger partial charge in [0.2, 0.25) is 0 Å². The lowest BCUT2D eigenvalue weighted by molar-refractivity contribution is 0.415. The Morgan fingerprint density at radius 2 is 1.64 bits per heavy atom. The second-order valence-electron chi connectivity index (χ2n) is 8.84. The molecule has 1 aliphatic carbocycles. The molecule has 2 aliphatic rings. The zero-order valence-corrected chi connectivity index (χ0v) is 19.8. The van der Waals surface area contributed by atoms with E-state index in [1.807, 2.05) is 23.5 Å². The van der Waals surface area contributed by atoms with E-state index in [1.54, 1.807) is 7.11 Å². The number of thiophene rings is 1. The van der Waals surface area contributed by atoms with Crippen molar-refractivity contribution in [1.82, 2.24) is 9.97 Å². The topological polar surface area (TPSA) is 41.5 Å².